The molecule has 7 heteroatoms. The molecule has 1 saturated heterocycles. The summed E-state index contributed by atoms with van der Waals surface area (Å²) in [6.07, 6.45) is 1.59. The third kappa shape index (κ3) is 3.09. The standard InChI is InChI=1S/C15H18N4O3/c1-12-10-14(19(20)21)2-3-15(12)18-7-5-17(6-8-18)11-13-4-9-22-16-13/h2-4,9-10H,5-8,11H2,1H3. The predicted molar refractivity (Wildman–Crippen MR) is 81.8 cm³/mol. The number of aromatic nitrogens is 1. The zero-order valence-corrected chi connectivity index (χ0v) is 12.4. The summed E-state index contributed by atoms with van der Waals surface area (Å²) in [4.78, 5) is 15.1. The largest absolute Gasteiger partial charge is 0.369 e. The second kappa shape index (κ2) is 6.15. The van der Waals surface area contributed by atoms with Gasteiger partial charge < -0.3 is 9.42 Å². The predicted octanol–water partition coefficient (Wildman–Crippen LogP) is 2.21. The van der Waals surface area contributed by atoms with Crippen molar-refractivity contribution >= 4 is 11.4 Å². The van der Waals surface area contributed by atoms with Gasteiger partial charge in [0.2, 0.25) is 0 Å². The van der Waals surface area contributed by atoms with Crippen molar-refractivity contribution < 1.29 is 9.45 Å². The van der Waals surface area contributed by atoms with E-state index in [4.69, 9.17) is 4.52 Å². The molecular formula is C15H18N4O3. The molecule has 0 saturated carbocycles. The lowest BCUT2D eigenvalue weighted by atomic mass is 10.1. The first-order valence-corrected chi connectivity index (χ1v) is 7.25. The molecule has 1 aliphatic rings. The lowest BCUT2D eigenvalue weighted by Crippen LogP contribution is -2.46. The van der Waals surface area contributed by atoms with E-state index in [1.165, 1.54) is 0 Å². The Morgan fingerprint density at radius 2 is 2.05 bits per heavy atom. The van der Waals surface area contributed by atoms with Gasteiger partial charge in [0.25, 0.3) is 5.69 Å². The van der Waals surface area contributed by atoms with Gasteiger partial charge in [-0.2, -0.15) is 0 Å². The van der Waals surface area contributed by atoms with Gasteiger partial charge in [-0.3, -0.25) is 15.0 Å². The van der Waals surface area contributed by atoms with Crippen LogP contribution in [0.4, 0.5) is 11.4 Å². The number of nitro benzene ring substituents is 1. The Hall–Kier alpha value is -2.41. The van der Waals surface area contributed by atoms with Crippen molar-refractivity contribution in [1.82, 2.24) is 10.1 Å². The van der Waals surface area contributed by atoms with Crippen LogP contribution in [0, 0.1) is 17.0 Å². The highest BCUT2D eigenvalue weighted by Gasteiger charge is 2.20. The molecule has 22 heavy (non-hydrogen) atoms. The molecule has 1 aromatic carbocycles. The minimum absolute atomic E-state index is 0.144. The second-order valence-electron chi connectivity index (χ2n) is 5.48. The molecule has 1 aromatic heterocycles. The average molecular weight is 302 g/mol. The Bertz CT molecular complexity index is 649. The number of aryl methyl sites for hydroxylation is 1. The third-order valence-electron chi connectivity index (χ3n) is 3.98. The molecule has 0 unspecified atom stereocenters. The van der Waals surface area contributed by atoms with Crippen molar-refractivity contribution in [3.05, 3.63) is 51.9 Å². The number of rotatable bonds is 4. The Morgan fingerprint density at radius 1 is 1.27 bits per heavy atom. The van der Waals surface area contributed by atoms with Gasteiger partial charge in [-0.15, -0.1) is 0 Å². The van der Waals surface area contributed by atoms with E-state index in [1.54, 1.807) is 18.4 Å². The van der Waals surface area contributed by atoms with Gasteiger partial charge in [0.1, 0.15) is 6.26 Å². The molecule has 0 N–H and O–H groups in total. The number of piperazine rings is 1. The minimum atomic E-state index is -0.355. The zero-order valence-electron chi connectivity index (χ0n) is 12.4. The van der Waals surface area contributed by atoms with E-state index in [9.17, 15) is 10.1 Å². The number of anilines is 1. The monoisotopic (exact) mass is 302 g/mol. The van der Waals surface area contributed by atoms with E-state index >= 15 is 0 Å². The van der Waals surface area contributed by atoms with Gasteiger partial charge in [-0.25, -0.2) is 0 Å². The fourth-order valence-corrected chi connectivity index (χ4v) is 2.80. The number of nitro groups is 1. The quantitative estimate of drug-likeness (QED) is 0.636. The molecule has 1 aliphatic heterocycles. The topological polar surface area (TPSA) is 75.7 Å². The van der Waals surface area contributed by atoms with Gasteiger partial charge in [0.15, 0.2) is 0 Å². The summed E-state index contributed by atoms with van der Waals surface area (Å²) < 4.78 is 4.85. The van der Waals surface area contributed by atoms with Crippen molar-refractivity contribution in [2.75, 3.05) is 31.1 Å². The molecule has 3 rings (SSSR count). The number of benzene rings is 1. The number of hydrogen-bond donors (Lipinski definition) is 0. The maximum absolute atomic E-state index is 10.8. The van der Waals surface area contributed by atoms with Crippen LogP contribution in [-0.4, -0.2) is 41.2 Å². The van der Waals surface area contributed by atoms with E-state index in [1.807, 2.05) is 19.1 Å². The Labute approximate surface area is 128 Å². The molecule has 0 aliphatic carbocycles. The van der Waals surface area contributed by atoms with Crippen molar-refractivity contribution in [3.8, 4) is 0 Å². The van der Waals surface area contributed by atoms with E-state index in [0.717, 1.165) is 49.7 Å². The summed E-state index contributed by atoms with van der Waals surface area (Å²) in [7, 11) is 0. The van der Waals surface area contributed by atoms with Crippen LogP contribution in [-0.2, 0) is 6.54 Å². The van der Waals surface area contributed by atoms with Crippen LogP contribution in [0.25, 0.3) is 0 Å². The van der Waals surface area contributed by atoms with Crippen LogP contribution in [0.2, 0.25) is 0 Å². The molecule has 0 amide bonds. The highest BCUT2D eigenvalue weighted by molar-refractivity contribution is 5.57. The fourth-order valence-electron chi connectivity index (χ4n) is 2.80. The van der Waals surface area contributed by atoms with E-state index in [2.05, 4.69) is 15.0 Å². The fraction of sp³-hybridized carbons (Fsp3) is 0.400. The summed E-state index contributed by atoms with van der Waals surface area (Å²) in [6, 6.07) is 6.94. The maximum atomic E-state index is 10.8. The summed E-state index contributed by atoms with van der Waals surface area (Å²) in [5, 5.41) is 14.7. The molecule has 2 heterocycles. The zero-order chi connectivity index (χ0) is 15.5. The first-order chi connectivity index (χ1) is 10.6. The SMILES string of the molecule is Cc1cc([N+](=O)[O-])ccc1N1CCN(Cc2ccon2)CC1. The minimum Gasteiger partial charge on any atom is -0.369 e. The number of non-ortho nitro benzene ring substituents is 1. The first kappa shape index (κ1) is 14.5. The van der Waals surface area contributed by atoms with Gasteiger partial charge in [0, 0.05) is 56.6 Å². The van der Waals surface area contributed by atoms with Crippen LogP contribution in [0.15, 0.2) is 35.1 Å². The lowest BCUT2D eigenvalue weighted by Gasteiger charge is -2.36. The molecule has 1 fully saturated rings. The molecule has 0 spiro atoms. The molecular weight excluding hydrogens is 284 g/mol. The highest BCUT2D eigenvalue weighted by atomic mass is 16.6. The van der Waals surface area contributed by atoms with Crippen molar-refractivity contribution in [2.24, 2.45) is 0 Å². The average Bonchev–Trinajstić information content (AvgIpc) is 3.01. The summed E-state index contributed by atoms with van der Waals surface area (Å²) in [5.41, 5.74) is 3.11. The van der Waals surface area contributed by atoms with Crippen LogP contribution >= 0.6 is 0 Å². The Balaban J connectivity index is 1.62. The van der Waals surface area contributed by atoms with Gasteiger partial charge in [-0.1, -0.05) is 5.16 Å². The molecule has 2 aromatic rings. The van der Waals surface area contributed by atoms with E-state index in [-0.39, 0.29) is 10.6 Å². The molecule has 0 bridgehead atoms. The molecule has 116 valence electrons. The molecule has 7 nitrogen and oxygen atoms in total. The van der Waals surface area contributed by atoms with Gasteiger partial charge in [0.05, 0.1) is 10.6 Å². The normalized spacial score (nSPS) is 16.0. The summed E-state index contributed by atoms with van der Waals surface area (Å²) in [5.74, 6) is 0. The molecule has 0 radical (unpaired) electrons. The van der Waals surface area contributed by atoms with Crippen LogP contribution in [0.1, 0.15) is 11.3 Å². The Kier molecular flexibility index (Phi) is 4.06. The Morgan fingerprint density at radius 3 is 2.64 bits per heavy atom. The number of nitrogens with zero attached hydrogens (tertiary/aromatic N) is 4. The van der Waals surface area contributed by atoms with Crippen LogP contribution < -0.4 is 4.90 Å². The lowest BCUT2D eigenvalue weighted by molar-refractivity contribution is -0.384. The third-order valence-corrected chi connectivity index (χ3v) is 3.98. The van der Waals surface area contributed by atoms with E-state index in [0.29, 0.717) is 0 Å². The van der Waals surface area contributed by atoms with Crippen molar-refractivity contribution in [2.45, 2.75) is 13.5 Å². The van der Waals surface area contributed by atoms with Crippen molar-refractivity contribution in [3.63, 3.8) is 0 Å². The van der Waals surface area contributed by atoms with Crippen LogP contribution in [0.5, 0.6) is 0 Å². The number of hydrogen-bond acceptors (Lipinski definition) is 6. The summed E-state index contributed by atoms with van der Waals surface area (Å²) >= 11 is 0. The molecule has 0 atom stereocenters. The van der Waals surface area contributed by atoms with Crippen molar-refractivity contribution in [1.29, 1.82) is 0 Å². The first-order valence-electron chi connectivity index (χ1n) is 7.25. The smallest absolute Gasteiger partial charge is 0.269 e. The highest BCUT2D eigenvalue weighted by Crippen LogP contribution is 2.25. The van der Waals surface area contributed by atoms with Gasteiger partial charge >= 0.3 is 0 Å². The van der Waals surface area contributed by atoms with Crippen LogP contribution in [0.3, 0.4) is 0 Å². The second-order valence-corrected chi connectivity index (χ2v) is 5.48. The summed E-state index contributed by atoms with van der Waals surface area (Å²) in [6.45, 7) is 6.38. The van der Waals surface area contributed by atoms with E-state index < -0.39 is 0 Å². The van der Waals surface area contributed by atoms with Gasteiger partial charge in [-0.05, 0) is 18.6 Å². The maximum Gasteiger partial charge on any atom is 0.269 e.